The Morgan fingerprint density at radius 2 is 2.33 bits per heavy atom. The largest absolute Gasteiger partial charge is 0.378 e. The van der Waals surface area contributed by atoms with Crippen LogP contribution in [0.15, 0.2) is 0 Å². The number of rotatable bonds is 5. The van der Waals surface area contributed by atoms with Gasteiger partial charge in [-0.2, -0.15) is 0 Å². The molecule has 2 fully saturated rings. The molecule has 18 heavy (non-hydrogen) atoms. The molecule has 2 rings (SSSR count). The first kappa shape index (κ1) is 14.0. The minimum Gasteiger partial charge on any atom is -0.378 e. The van der Waals surface area contributed by atoms with E-state index < -0.39 is 0 Å². The fourth-order valence-electron chi connectivity index (χ4n) is 3.00. The summed E-state index contributed by atoms with van der Waals surface area (Å²) in [7, 11) is 0. The van der Waals surface area contributed by atoms with Crippen LogP contribution < -0.4 is 5.73 Å². The number of nitrogens with two attached hydrogens (primary N) is 1. The number of ether oxygens (including phenoxy) is 2. The minimum absolute atomic E-state index is 0.0762. The second-order valence-corrected chi connectivity index (χ2v) is 5.67. The number of carbonyl (C=O) groups is 1. The summed E-state index contributed by atoms with van der Waals surface area (Å²) in [5.74, 6) is 0.310. The molecule has 4 heteroatoms. The molecule has 2 aliphatic heterocycles. The van der Waals surface area contributed by atoms with Gasteiger partial charge in [-0.3, -0.25) is 4.79 Å². The van der Waals surface area contributed by atoms with Gasteiger partial charge < -0.3 is 15.2 Å². The first-order valence-electron chi connectivity index (χ1n) is 7.18. The smallest absolute Gasteiger partial charge is 0.152 e. The van der Waals surface area contributed by atoms with Gasteiger partial charge in [-0.15, -0.1) is 0 Å². The predicted molar refractivity (Wildman–Crippen MR) is 69.4 cm³/mol. The molecule has 0 bridgehead atoms. The lowest BCUT2D eigenvalue weighted by atomic mass is 9.80. The highest BCUT2D eigenvalue weighted by molar-refractivity contribution is 5.86. The van der Waals surface area contributed by atoms with Crippen molar-refractivity contribution in [3.8, 4) is 0 Å². The van der Waals surface area contributed by atoms with E-state index in [4.69, 9.17) is 15.2 Å². The number of hydrogen-bond donors (Lipinski definition) is 1. The van der Waals surface area contributed by atoms with Crippen molar-refractivity contribution in [1.29, 1.82) is 0 Å². The fraction of sp³-hybridized carbons (Fsp3) is 0.929. The van der Waals surface area contributed by atoms with Gasteiger partial charge in [0.25, 0.3) is 0 Å². The topological polar surface area (TPSA) is 61.6 Å². The molecule has 2 aliphatic rings. The van der Waals surface area contributed by atoms with Gasteiger partial charge in [0.1, 0.15) is 0 Å². The Morgan fingerprint density at radius 3 is 3.00 bits per heavy atom. The Hall–Kier alpha value is -0.450. The summed E-state index contributed by atoms with van der Waals surface area (Å²) in [6, 6.07) is -0.285. The van der Waals surface area contributed by atoms with Crippen molar-refractivity contribution in [1.82, 2.24) is 0 Å². The molecule has 0 saturated carbocycles. The van der Waals surface area contributed by atoms with Crippen LogP contribution in [0, 0.1) is 5.92 Å². The maximum Gasteiger partial charge on any atom is 0.152 e. The van der Waals surface area contributed by atoms with Crippen molar-refractivity contribution in [2.45, 2.75) is 57.1 Å². The molecule has 4 nitrogen and oxygen atoms in total. The second-order valence-electron chi connectivity index (χ2n) is 5.67. The first-order valence-corrected chi connectivity index (χ1v) is 7.18. The van der Waals surface area contributed by atoms with Crippen LogP contribution in [-0.4, -0.2) is 37.2 Å². The monoisotopic (exact) mass is 255 g/mol. The van der Waals surface area contributed by atoms with Crippen molar-refractivity contribution >= 4 is 5.78 Å². The highest BCUT2D eigenvalue weighted by atomic mass is 16.6. The first-order chi connectivity index (χ1) is 8.67. The van der Waals surface area contributed by atoms with Crippen molar-refractivity contribution in [3.63, 3.8) is 0 Å². The third-order valence-corrected chi connectivity index (χ3v) is 4.20. The summed E-state index contributed by atoms with van der Waals surface area (Å²) in [5, 5.41) is 0. The molecule has 0 amide bonds. The highest BCUT2D eigenvalue weighted by Gasteiger charge is 2.43. The number of carbonyl (C=O) groups excluding carboxylic acids is 1. The third kappa shape index (κ3) is 3.11. The van der Waals surface area contributed by atoms with E-state index in [1.165, 1.54) is 0 Å². The Balaban J connectivity index is 1.89. The lowest BCUT2D eigenvalue weighted by Gasteiger charge is -2.37. The standard InChI is InChI=1S/C14H25NO3/c1-2-3-4-12(15)13(16)11-5-7-18-14(9-11)6-8-17-10-14/h11-12H,2-10,15H2,1H3. The van der Waals surface area contributed by atoms with Gasteiger partial charge in [0.05, 0.1) is 18.2 Å². The molecule has 3 atom stereocenters. The average Bonchev–Trinajstić information content (AvgIpc) is 2.83. The van der Waals surface area contributed by atoms with Crippen molar-refractivity contribution in [2.24, 2.45) is 11.7 Å². The average molecular weight is 255 g/mol. The molecule has 0 aromatic heterocycles. The molecule has 0 radical (unpaired) electrons. The molecule has 0 aliphatic carbocycles. The Bertz CT molecular complexity index is 287. The Kier molecular flexibility index (Phi) is 4.76. The highest BCUT2D eigenvalue weighted by Crippen LogP contribution is 2.36. The third-order valence-electron chi connectivity index (χ3n) is 4.20. The number of ketones is 1. The summed E-state index contributed by atoms with van der Waals surface area (Å²) < 4.78 is 11.3. The van der Waals surface area contributed by atoms with Gasteiger partial charge >= 0.3 is 0 Å². The Morgan fingerprint density at radius 1 is 1.50 bits per heavy atom. The van der Waals surface area contributed by atoms with Crippen LogP contribution in [0.1, 0.15) is 45.4 Å². The molecule has 2 heterocycles. The van der Waals surface area contributed by atoms with E-state index in [0.717, 1.165) is 45.1 Å². The van der Waals surface area contributed by atoms with Crippen LogP contribution in [0.25, 0.3) is 0 Å². The lowest BCUT2D eigenvalue weighted by molar-refractivity contribution is -0.138. The predicted octanol–water partition coefficient (Wildman–Crippen LogP) is 1.66. The molecule has 0 aromatic rings. The molecule has 0 aromatic carbocycles. The number of hydrogen-bond acceptors (Lipinski definition) is 4. The normalized spacial score (nSPS) is 33.8. The zero-order valence-corrected chi connectivity index (χ0v) is 11.3. The SMILES string of the molecule is CCCCC(N)C(=O)C1CCOC2(CCOC2)C1. The summed E-state index contributed by atoms with van der Waals surface area (Å²) >= 11 is 0. The molecular weight excluding hydrogens is 230 g/mol. The van der Waals surface area contributed by atoms with Gasteiger partial charge in [0, 0.05) is 25.6 Å². The van der Waals surface area contributed by atoms with Gasteiger partial charge in [-0.1, -0.05) is 19.8 Å². The van der Waals surface area contributed by atoms with E-state index in [9.17, 15) is 4.79 Å². The van der Waals surface area contributed by atoms with Crippen molar-refractivity contribution in [3.05, 3.63) is 0 Å². The van der Waals surface area contributed by atoms with E-state index in [1.807, 2.05) is 0 Å². The second kappa shape index (κ2) is 6.13. The fourth-order valence-corrected chi connectivity index (χ4v) is 3.00. The van der Waals surface area contributed by atoms with Gasteiger partial charge in [-0.25, -0.2) is 0 Å². The summed E-state index contributed by atoms with van der Waals surface area (Å²) in [6.45, 7) is 4.18. The van der Waals surface area contributed by atoms with E-state index in [2.05, 4.69) is 6.92 Å². The van der Waals surface area contributed by atoms with Crippen LogP contribution >= 0.6 is 0 Å². The molecule has 2 N–H and O–H groups in total. The van der Waals surface area contributed by atoms with Crippen LogP contribution in [0.4, 0.5) is 0 Å². The molecule has 1 spiro atoms. The van der Waals surface area contributed by atoms with Gasteiger partial charge in [0.2, 0.25) is 0 Å². The lowest BCUT2D eigenvalue weighted by Crippen LogP contribution is -2.46. The van der Waals surface area contributed by atoms with E-state index in [1.54, 1.807) is 0 Å². The molecule has 3 unspecified atom stereocenters. The van der Waals surface area contributed by atoms with Crippen molar-refractivity contribution < 1.29 is 14.3 Å². The molecule has 104 valence electrons. The Labute approximate surface area is 109 Å². The van der Waals surface area contributed by atoms with E-state index in [-0.39, 0.29) is 23.3 Å². The van der Waals surface area contributed by atoms with Crippen LogP contribution in [-0.2, 0) is 14.3 Å². The zero-order valence-electron chi connectivity index (χ0n) is 11.3. The number of unbranched alkanes of at least 4 members (excludes halogenated alkanes) is 1. The quantitative estimate of drug-likeness (QED) is 0.811. The number of Topliss-reactive ketones (excluding diaryl/α,β-unsaturated/α-hetero) is 1. The minimum atomic E-state index is -0.285. The van der Waals surface area contributed by atoms with Crippen molar-refractivity contribution in [2.75, 3.05) is 19.8 Å². The van der Waals surface area contributed by atoms with Crippen LogP contribution in [0.5, 0.6) is 0 Å². The zero-order chi connectivity index (χ0) is 13.0. The van der Waals surface area contributed by atoms with E-state index >= 15 is 0 Å². The van der Waals surface area contributed by atoms with Crippen LogP contribution in [0.3, 0.4) is 0 Å². The van der Waals surface area contributed by atoms with E-state index in [0.29, 0.717) is 13.2 Å². The van der Waals surface area contributed by atoms with Gasteiger partial charge in [-0.05, 0) is 19.3 Å². The van der Waals surface area contributed by atoms with Gasteiger partial charge in [0.15, 0.2) is 5.78 Å². The summed E-state index contributed by atoms with van der Waals surface area (Å²) in [4.78, 5) is 12.3. The summed E-state index contributed by atoms with van der Waals surface area (Å²) in [6.07, 6.45) is 5.47. The van der Waals surface area contributed by atoms with Crippen LogP contribution in [0.2, 0.25) is 0 Å². The maximum atomic E-state index is 12.3. The maximum absolute atomic E-state index is 12.3. The molecule has 2 saturated heterocycles. The molecular formula is C14H25NO3. The summed E-state index contributed by atoms with van der Waals surface area (Å²) in [5.41, 5.74) is 5.81.